The molecule has 0 saturated carbocycles. The number of ketones is 1. The lowest BCUT2D eigenvalue weighted by Crippen LogP contribution is -2.43. The van der Waals surface area contributed by atoms with Gasteiger partial charge in [0.2, 0.25) is 0 Å². The zero-order valence-electron chi connectivity index (χ0n) is 5.14. The van der Waals surface area contributed by atoms with Gasteiger partial charge in [-0.2, -0.15) is 0 Å². The maximum Gasteiger partial charge on any atom is 0.186 e. The molecular weight excluding hydrogens is 148 g/mol. The summed E-state index contributed by atoms with van der Waals surface area (Å²) in [6, 6.07) is 0. The van der Waals surface area contributed by atoms with Crippen molar-refractivity contribution in [2.45, 2.75) is 25.7 Å². The summed E-state index contributed by atoms with van der Waals surface area (Å²) >= 11 is 0. The molecule has 0 heterocycles. The first kappa shape index (κ1) is 10.3. The summed E-state index contributed by atoms with van der Waals surface area (Å²) in [6.07, 6.45) is -1.77. The van der Waals surface area contributed by atoms with E-state index in [4.69, 9.17) is 15.3 Å². The van der Waals surface area contributed by atoms with Gasteiger partial charge in [-0.05, 0) is 12.2 Å². The highest BCUT2D eigenvalue weighted by molar-refractivity contribution is 5.94. The molecule has 0 aromatic carbocycles. The van der Waals surface area contributed by atoms with Crippen LogP contribution in [0.3, 0.4) is 0 Å². The Morgan fingerprint density at radius 3 is 2.27 bits per heavy atom. The lowest BCUT2D eigenvalue weighted by atomic mass is 9.98. The van der Waals surface area contributed by atoms with Gasteiger partial charge in [0, 0.05) is 0 Å². The molecule has 0 spiro atoms. The van der Waals surface area contributed by atoms with Crippen LogP contribution in [0.25, 0.3) is 0 Å². The van der Waals surface area contributed by atoms with E-state index in [9.17, 15) is 4.79 Å². The van der Waals surface area contributed by atoms with E-state index in [1.165, 1.54) is 0 Å². The van der Waals surface area contributed by atoms with Crippen LogP contribution in [0.4, 0.5) is 0 Å². The van der Waals surface area contributed by atoms with E-state index in [1.807, 2.05) is 0 Å². The SMILES string of the molecule is C.O=C1C=C[C@H](O)[C@@H](O)[C@@H]1O. The van der Waals surface area contributed by atoms with Crippen LogP contribution in [-0.4, -0.2) is 39.4 Å². The fourth-order valence-electron chi connectivity index (χ4n) is 0.761. The highest BCUT2D eigenvalue weighted by atomic mass is 16.4. The predicted molar refractivity (Wildman–Crippen MR) is 38.9 cm³/mol. The third-order valence-corrected chi connectivity index (χ3v) is 1.42. The molecule has 0 saturated heterocycles. The number of rotatable bonds is 0. The third-order valence-electron chi connectivity index (χ3n) is 1.42. The van der Waals surface area contributed by atoms with Crippen molar-refractivity contribution in [2.24, 2.45) is 0 Å². The minimum atomic E-state index is -1.47. The molecule has 0 unspecified atom stereocenters. The van der Waals surface area contributed by atoms with Gasteiger partial charge in [-0.15, -0.1) is 0 Å². The van der Waals surface area contributed by atoms with Crippen LogP contribution in [0.2, 0.25) is 0 Å². The van der Waals surface area contributed by atoms with Gasteiger partial charge in [0.15, 0.2) is 5.78 Å². The van der Waals surface area contributed by atoms with Crippen LogP contribution in [0.5, 0.6) is 0 Å². The highest BCUT2D eigenvalue weighted by Crippen LogP contribution is 2.08. The molecule has 0 aliphatic heterocycles. The molecule has 1 rings (SSSR count). The average Bonchev–Trinajstić information content (AvgIpc) is 1.93. The Morgan fingerprint density at radius 1 is 1.27 bits per heavy atom. The summed E-state index contributed by atoms with van der Waals surface area (Å²) < 4.78 is 0. The van der Waals surface area contributed by atoms with E-state index in [2.05, 4.69) is 0 Å². The Kier molecular flexibility index (Phi) is 3.38. The van der Waals surface area contributed by atoms with Crippen molar-refractivity contribution in [3.05, 3.63) is 12.2 Å². The number of carbonyl (C=O) groups excluding carboxylic acids is 1. The molecule has 0 amide bonds. The molecule has 4 heteroatoms. The van der Waals surface area contributed by atoms with Gasteiger partial charge in [0.05, 0.1) is 0 Å². The molecular formula is C7H12O4. The first-order chi connectivity index (χ1) is 4.63. The Bertz CT molecular complexity index is 175. The second-order valence-corrected chi connectivity index (χ2v) is 2.19. The number of aliphatic hydroxyl groups is 3. The maximum atomic E-state index is 10.5. The fraction of sp³-hybridized carbons (Fsp3) is 0.571. The number of hydrogen-bond acceptors (Lipinski definition) is 4. The summed E-state index contributed by atoms with van der Waals surface area (Å²) in [5.74, 6) is -0.571. The molecule has 1 aliphatic rings. The lowest BCUT2D eigenvalue weighted by molar-refractivity contribution is -0.133. The van der Waals surface area contributed by atoms with Crippen molar-refractivity contribution in [1.29, 1.82) is 0 Å². The van der Waals surface area contributed by atoms with Gasteiger partial charge in [0.1, 0.15) is 18.3 Å². The summed E-state index contributed by atoms with van der Waals surface area (Å²) in [5, 5.41) is 26.5. The molecule has 0 aromatic heterocycles. The van der Waals surface area contributed by atoms with Gasteiger partial charge in [-0.3, -0.25) is 4.79 Å². The standard InChI is InChI=1S/C6H8O4.CH4/c7-3-1-2-4(8)6(10)5(3)9;/h1-3,5-7,9-10H;1H4/t3-,5+,6+;/m0./s1. The van der Waals surface area contributed by atoms with Gasteiger partial charge >= 0.3 is 0 Å². The molecule has 64 valence electrons. The zero-order valence-corrected chi connectivity index (χ0v) is 5.14. The van der Waals surface area contributed by atoms with E-state index in [-0.39, 0.29) is 7.43 Å². The average molecular weight is 160 g/mol. The predicted octanol–water partition coefficient (Wildman–Crippen LogP) is -1.16. The molecule has 0 fully saturated rings. The smallest absolute Gasteiger partial charge is 0.186 e. The Balaban J connectivity index is 0.000001000. The summed E-state index contributed by atoms with van der Waals surface area (Å²) in [5.41, 5.74) is 0. The summed E-state index contributed by atoms with van der Waals surface area (Å²) in [7, 11) is 0. The molecule has 3 N–H and O–H groups in total. The number of aliphatic hydroxyl groups excluding tert-OH is 3. The Hall–Kier alpha value is -0.710. The zero-order chi connectivity index (χ0) is 7.72. The minimum absolute atomic E-state index is 0. The van der Waals surface area contributed by atoms with Crippen LogP contribution in [0.15, 0.2) is 12.2 Å². The van der Waals surface area contributed by atoms with Crippen LogP contribution < -0.4 is 0 Å². The molecule has 0 aromatic rings. The van der Waals surface area contributed by atoms with E-state index >= 15 is 0 Å². The van der Waals surface area contributed by atoms with E-state index < -0.39 is 24.1 Å². The first-order valence-electron chi connectivity index (χ1n) is 2.89. The minimum Gasteiger partial charge on any atom is -0.387 e. The quantitative estimate of drug-likeness (QED) is 0.418. The Labute approximate surface area is 64.8 Å². The second kappa shape index (κ2) is 3.61. The monoisotopic (exact) mass is 160 g/mol. The summed E-state index contributed by atoms with van der Waals surface area (Å²) in [6.45, 7) is 0. The highest BCUT2D eigenvalue weighted by Gasteiger charge is 2.30. The Morgan fingerprint density at radius 2 is 1.82 bits per heavy atom. The number of hydrogen-bond donors (Lipinski definition) is 3. The van der Waals surface area contributed by atoms with E-state index in [1.54, 1.807) is 0 Å². The van der Waals surface area contributed by atoms with E-state index in [0.29, 0.717) is 0 Å². The van der Waals surface area contributed by atoms with Crippen molar-refractivity contribution < 1.29 is 20.1 Å². The van der Waals surface area contributed by atoms with Crippen molar-refractivity contribution in [1.82, 2.24) is 0 Å². The third kappa shape index (κ3) is 1.86. The molecule has 4 nitrogen and oxygen atoms in total. The summed E-state index contributed by atoms with van der Waals surface area (Å²) in [4.78, 5) is 10.5. The molecule has 3 atom stereocenters. The van der Waals surface area contributed by atoms with Gasteiger partial charge in [0.25, 0.3) is 0 Å². The maximum absolute atomic E-state index is 10.5. The molecule has 0 radical (unpaired) electrons. The van der Waals surface area contributed by atoms with Gasteiger partial charge in [-0.25, -0.2) is 0 Å². The van der Waals surface area contributed by atoms with Crippen LogP contribution in [-0.2, 0) is 4.79 Å². The second-order valence-electron chi connectivity index (χ2n) is 2.19. The van der Waals surface area contributed by atoms with Crippen molar-refractivity contribution in [3.63, 3.8) is 0 Å². The van der Waals surface area contributed by atoms with Crippen LogP contribution in [0, 0.1) is 0 Å². The van der Waals surface area contributed by atoms with Crippen molar-refractivity contribution in [3.8, 4) is 0 Å². The van der Waals surface area contributed by atoms with E-state index in [0.717, 1.165) is 12.2 Å². The molecule has 0 bridgehead atoms. The van der Waals surface area contributed by atoms with Crippen molar-refractivity contribution in [2.75, 3.05) is 0 Å². The van der Waals surface area contributed by atoms with Crippen molar-refractivity contribution >= 4 is 5.78 Å². The topological polar surface area (TPSA) is 77.8 Å². The molecule has 11 heavy (non-hydrogen) atoms. The normalized spacial score (nSPS) is 36.6. The van der Waals surface area contributed by atoms with Gasteiger partial charge < -0.3 is 15.3 Å². The van der Waals surface area contributed by atoms with Gasteiger partial charge in [-0.1, -0.05) is 7.43 Å². The lowest BCUT2D eigenvalue weighted by Gasteiger charge is -2.21. The molecule has 1 aliphatic carbocycles. The first-order valence-corrected chi connectivity index (χ1v) is 2.89. The fourth-order valence-corrected chi connectivity index (χ4v) is 0.761. The largest absolute Gasteiger partial charge is 0.387 e. The number of carbonyl (C=O) groups is 1. The van der Waals surface area contributed by atoms with Crippen LogP contribution in [0.1, 0.15) is 7.43 Å². The van der Waals surface area contributed by atoms with Crippen LogP contribution >= 0.6 is 0 Å².